The van der Waals surface area contributed by atoms with E-state index in [0.29, 0.717) is 13.2 Å². The van der Waals surface area contributed by atoms with Gasteiger partial charge in [0.15, 0.2) is 0 Å². The Kier molecular flexibility index (Phi) is 4.95. The molecular weight excluding hydrogens is 168 g/mol. The number of rotatable bonds is 4. The third-order valence-electron chi connectivity index (χ3n) is 1.67. The zero-order valence-electron chi connectivity index (χ0n) is 8.89. The molecule has 0 bridgehead atoms. The number of hydrogen-bond acceptors (Lipinski definition) is 3. The van der Waals surface area contributed by atoms with Crippen molar-refractivity contribution in [1.82, 2.24) is 5.32 Å². The zero-order valence-corrected chi connectivity index (χ0v) is 8.89. The van der Waals surface area contributed by atoms with E-state index in [2.05, 4.69) is 5.32 Å². The van der Waals surface area contributed by atoms with Crippen LogP contribution >= 0.6 is 0 Å². The average Bonchev–Trinajstić information content (AvgIpc) is 2.01. The number of hydrogen-bond donors (Lipinski definition) is 2. The third kappa shape index (κ3) is 4.85. The molecule has 0 aliphatic carbocycles. The van der Waals surface area contributed by atoms with E-state index in [9.17, 15) is 4.79 Å². The van der Waals surface area contributed by atoms with E-state index in [1.165, 1.54) is 0 Å². The molecule has 0 fully saturated rings. The molecule has 3 N–H and O–H groups in total. The Hall–Kier alpha value is -0.610. The fourth-order valence-electron chi connectivity index (χ4n) is 0.772. The molecule has 0 radical (unpaired) electrons. The summed E-state index contributed by atoms with van der Waals surface area (Å²) in [5.74, 6) is 0.000000000000000444. The molecule has 0 aliphatic heterocycles. The number of ether oxygens (including phenoxy) is 1. The van der Waals surface area contributed by atoms with Crippen molar-refractivity contribution in [2.75, 3.05) is 20.3 Å². The number of nitrogens with one attached hydrogen (secondary N) is 1. The SMILES string of the molecule is COCC(CN)NC(=O)C(C)(C)C. The normalized spacial score (nSPS) is 13.9. The maximum absolute atomic E-state index is 11.5. The molecule has 0 saturated heterocycles. The molecule has 13 heavy (non-hydrogen) atoms. The topological polar surface area (TPSA) is 64.3 Å². The van der Waals surface area contributed by atoms with E-state index in [1.54, 1.807) is 7.11 Å². The van der Waals surface area contributed by atoms with Gasteiger partial charge >= 0.3 is 0 Å². The second kappa shape index (κ2) is 5.19. The minimum absolute atomic E-state index is 0.000000000000000444. The summed E-state index contributed by atoms with van der Waals surface area (Å²) in [6.07, 6.45) is 0. The van der Waals surface area contributed by atoms with Gasteiger partial charge in [0.2, 0.25) is 5.91 Å². The van der Waals surface area contributed by atoms with Gasteiger partial charge in [0.05, 0.1) is 12.6 Å². The molecular formula is C9H20N2O2. The van der Waals surface area contributed by atoms with Gasteiger partial charge in [-0.3, -0.25) is 4.79 Å². The lowest BCUT2D eigenvalue weighted by Gasteiger charge is -2.22. The van der Waals surface area contributed by atoms with Crippen molar-refractivity contribution in [3.05, 3.63) is 0 Å². The lowest BCUT2D eigenvalue weighted by atomic mass is 9.95. The van der Waals surface area contributed by atoms with Gasteiger partial charge in [-0.05, 0) is 0 Å². The van der Waals surface area contributed by atoms with Crippen LogP contribution in [0.2, 0.25) is 0 Å². The van der Waals surface area contributed by atoms with Gasteiger partial charge in [-0.2, -0.15) is 0 Å². The summed E-state index contributed by atoms with van der Waals surface area (Å²) in [6, 6.07) is -0.0864. The Morgan fingerprint density at radius 2 is 2.08 bits per heavy atom. The first-order valence-electron chi connectivity index (χ1n) is 4.41. The molecule has 1 amide bonds. The van der Waals surface area contributed by atoms with Gasteiger partial charge in [0, 0.05) is 19.1 Å². The predicted octanol–water partition coefficient (Wildman–Crippen LogP) is 0.122. The van der Waals surface area contributed by atoms with Crippen LogP contribution in [0, 0.1) is 5.41 Å². The molecule has 0 aromatic rings. The fourth-order valence-corrected chi connectivity index (χ4v) is 0.772. The van der Waals surface area contributed by atoms with Crippen molar-refractivity contribution >= 4 is 5.91 Å². The van der Waals surface area contributed by atoms with Crippen LogP contribution in [0.3, 0.4) is 0 Å². The molecule has 0 heterocycles. The number of carbonyl (C=O) groups excluding carboxylic acids is 1. The highest BCUT2D eigenvalue weighted by atomic mass is 16.5. The van der Waals surface area contributed by atoms with Gasteiger partial charge in [-0.1, -0.05) is 20.8 Å². The molecule has 0 saturated carbocycles. The number of amides is 1. The van der Waals surface area contributed by atoms with Crippen molar-refractivity contribution in [3.8, 4) is 0 Å². The Balaban J connectivity index is 4.01. The first-order chi connectivity index (χ1) is 5.91. The van der Waals surface area contributed by atoms with Crippen LogP contribution in [0.1, 0.15) is 20.8 Å². The van der Waals surface area contributed by atoms with Crippen LogP contribution in [0.25, 0.3) is 0 Å². The van der Waals surface area contributed by atoms with Crippen LogP contribution in [-0.2, 0) is 9.53 Å². The summed E-state index contributed by atoms with van der Waals surface area (Å²) in [4.78, 5) is 11.5. The maximum atomic E-state index is 11.5. The molecule has 0 aliphatic rings. The lowest BCUT2D eigenvalue weighted by molar-refractivity contribution is -0.129. The predicted molar refractivity (Wildman–Crippen MR) is 52.3 cm³/mol. The summed E-state index contributed by atoms with van der Waals surface area (Å²) in [7, 11) is 1.59. The highest BCUT2D eigenvalue weighted by molar-refractivity contribution is 5.81. The van der Waals surface area contributed by atoms with Crippen LogP contribution < -0.4 is 11.1 Å². The standard InChI is InChI=1S/C9H20N2O2/c1-9(2,3)8(12)11-7(5-10)6-13-4/h7H,5-6,10H2,1-4H3,(H,11,12). The minimum Gasteiger partial charge on any atom is -0.383 e. The quantitative estimate of drug-likeness (QED) is 0.658. The van der Waals surface area contributed by atoms with Crippen LogP contribution in [-0.4, -0.2) is 32.2 Å². The van der Waals surface area contributed by atoms with Crippen molar-refractivity contribution in [3.63, 3.8) is 0 Å². The zero-order chi connectivity index (χ0) is 10.5. The van der Waals surface area contributed by atoms with E-state index < -0.39 is 0 Å². The summed E-state index contributed by atoms with van der Waals surface area (Å²) in [5, 5.41) is 2.82. The molecule has 0 aromatic heterocycles. The molecule has 4 nitrogen and oxygen atoms in total. The van der Waals surface area contributed by atoms with Gasteiger partial charge in [-0.15, -0.1) is 0 Å². The number of carbonyl (C=O) groups is 1. The monoisotopic (exact) mass is 188 g/mol. The lowest BCUT2D eigenvalue weighted by Crippen LogP contribution is -2.47. The van der Waals surface area contributed by atoms with Gasteiger partial charge < -0.3 is 15.8 Å². The van der Waals surface area contributed by atoms with Crippen molar-refractivity contribution in [2.24, 2.45) is 11.1 Å². The minimum atomic E-state index is -0.374. The van der Waals surface area contributed by atoms with E-state index in [4.69, 9.17) is 10.5 Å². The van der Waals surface area contributed by atoms with Gasteiger partial charge in [0.1, 0.15) is 0 Å². The van der Waals surface area contributed by atoms with Crippen LogP contribution in [0.5, 0.6) is 0 Å². The summed E-state index contributed by atoms with van der Waals surface area (Å²) >= 11 is 0. The van der Waals surface area contributed by atoms with Crippen molar-refractivity contribution in [1.29, 1.82) is 0 Å². The summed E-state index contributed by atoms with van der Waals surface area (Å²) in [6.45, 7) is 6.45. The Labute approximate surface area is 79.8 Å². The molecule has 0 rings (SSSR count). The Bertz CT molecular complexity index is 163. The average molecular weight is 188 g/mol. The highest BCUT2D eigenvalue weighted by Crippen LogP contribution is 2.12. The third-order valence-corrected chi connectivity index (χ3v) is 1.67. The Morgan fingerprint density at radius 3 is 2.38 bits per heavy atom. The first kappa shape index (κ1) is 12.4. The molecule has 1 unspecified atom stereocenters. The van der Waals surface area contributed by atoms with Crippen molar-refractivity contribution < 1.29 is 9.53 Å². The summed E-state index contributed by atoms with van der Waals surface area (Å²) in [5.41, 5.74) is 5.08. The van der Waals surface area contributed by atoms with Crippen LogP contribution in [0.15, 0.2) is 0 Å². The smallest absolute Gasteiger partial charge is 0.225 e. The fraction of sp³-hybridized carbons (Fsp3) is 0.889. The molecule has 0 spiro atoms. The first-order valence-corrected chi connectivity index (χ1v) is 4.41. The largest absolute Gasteiger partial charge is 0.383 e. The summed E-state index contributed by atoms with van der Waals surface area (Å²) < 4.78 is 4.91. The molecule has 4 heteroatoms. The van der Waals surface area contributed by atoms with E-state index in [0.717, 1.165) is 0 Å². The van der Waals surface area contributed by atoms with Gasteiger partial charge in [0.25, 0.3) is 0 Å². The van der Waals surface area contributed by atoms with Crippen LogP contribution in [0.4, 0.5) is 0 Å². The number of methoxy groups -OCH3 is 1. The molecule has 1 atom stereocenters. The second-order valence-corrected chi connectivity index (χ2v) is 4.11. The van der Waals surface area contributed by atoms with Gasteiger partial charge in [-0.25, -0.2) is 0 Å². The molecule has 0 aromatic carbocycles. The second-order valence-electron chi connectivity index (χ2n) is 4.11. The Morgan fingerprint density at radius 1 is 1.54 bits per heavy atom. The molecule has 78 valence electrons. The van der Waals surface area contributed by atoms with E-state index in [1.807, 2.05) is 20.8 Å². The van der Waals surface area contributed by atoms with Crippen molar-refractivity contribution in [2.45, 2.75) is 26.8 Å². The van der Waals surface area contributed by atoms with E-state index in [-0.39, 0.29) is 17.4 Å². The van der Waals surface area contributed by atoms with E-state index >= 15 is 0 Å². The number of nitrogens with two attached hydrogens (primary N) is 1. The highest BCUT2D eigenvalue weighted by Gasteiger charge is 2.23. The maximum Gasteiger partial charge on any atom is 0.225 e.